The third kappa shape index (κ3) is 2.78. The molecular weight excluding hydrogens is 314 g/mol. The third-order valence-corrected chi connectivity index (χ3v) is 6.44. The van der Waals surface area contributed by atoms with Gasteiger partial charge in [-0.25, -0.2) is 4.79 Å². The second-order valence-electron chi connectivity index (χ2n) is 8.18. The highest BCUT2D eigenvalue weighted by Crippen LogP contribution is 2.51. The normalized spacial score (nSPS) is 29.4. The molecule has 1 amide bonds. The lowest BCUT2D eigenvalue weighted by atomic mass is 9.81. The Morgan fingerprint density at radius 2 is 2.00 bits per heavy atom. The molecule has 1 aromatic carbocycles. The number of rotatable bonds is 2. The molecule has 1 N–H and O–H groups in total. The van der Waals surface area contributed by atoms with Crippen molar-refractivity contribution in [1.29, 1.82) is 0 Å². The SMILES string of the molecule is CN1CC[C@@]2(C)c3ccc(OC(=O)NC4CCCCC4)cc3N(C)[C@@H]12. The Hall–Kier alpha value is -1.75. The van der Waals surface area contributed by atoms with E-state index < -0.39 is 0 Å². The summed E-state index contributed by atoms with van der Waals surface area (Å²) in [5.41, 5.74) is 2.70. The average Bonchev–Trinajstić information content (AvgIpc) is 3.01. The Kier molecular flexibility index (Phi) is 4.14. The van der Waals surface area contributed by atoms with Gasteiger partial charge in [-0.05, 0) is 37.9 Å². The number of likely N-dealkylation sites (tertiary alicyclic amines) is 1. The van der Waals surface area contributed by atoms with Gasteiger partial charge in [0.2, 0.25) is 0 Å². The van der Waals surface area contributed by atoms with Crippen molar-refractivity contribution >= 4 is 11.8 Å². The standard InChI is InChI=1S/C20H29N3O2/c1-20-11-12-22(2)18(20)23(3)17-13-15(9-10-16(17)20)25-19(24)21-14-7-5-4-6-8-14/h9-10,13-14,18H,4-8,11-12H2,1-3H3,(H,21,24)/t18-,20+/m1/s1. The molecule has 0 spiro atoms. The number of fused-ring (bicyclic) bond motifs is 3. The van der Waals surface area contributed by atoms with Crippen molar-refractivity contribution in [2.24, 2.45) is 0 Å². The fraction of sp³-hybridized carbons (Fsp3) is 0.650. The van der Waals surface area contributed by atoms with Crippen LogP contribution >= 0.6 is 0 Å². The number of hydrogen-bond donors (Lipinski definition) is 1. The van der Waals surface area contributed by atoms with Crippen molar-refractivity contribution in [3.8, 4) is 5.75 Å². The quantitative estimate of drug-likeness (QED) is 0.893. The maximum atomic E-state index is 12.2. The van der Waals surface area contributed by atoms with Crippen LogP contribution in [0.25, 0.3) is 0 Å². The molecule has 1 aromatic rings. The van der Waals surface area contributed by atoms with Crippen molar-refractivity contribution in [3.63, 3.8) is 0 Å². The van der Waals surface area contributed by atoms with E-state index in [1.54, 1.807) is 0 Å². The van der Waals surface area contributed by atoms with Crippen LogP contribution < -0.4 is 15.0 Å². The Labute approximate surface area is 150 Å². The van der Waals surface area contributed by atoms with E-state index in [4.69, 9.17) is 4.74 Å². The summed E-state index contributed by atoms with van der Waals surface area (Å²) in [6, 6.07) is 6.38. The van der Waals surface area contributed by atoms with Gasteiger partial charge in [-0.1, -0.05) is 32.3 Å². The first-order chi connectivity index (χ1) is 12.0. The second-order valence-corrected chi connectivity index (χ2v) is 8.18. The third-order valence-electron chi connectivity index (χ3n) is 6.44. The Bertz CT molecular complexity index is 671. The highest BCUT2D eigenvalue weighted by molar-refractivity contribution is 5.73. The molecule has 2 heterocycles. The van der Waals surface area contributed by atoms with Crippen molar-refractivity contribution < 1.29 is 9.53 Å². The summed E-state index contributed by atoms with van der Waals surface area (Å²) >= 11 is 0. The van der Waals surface area contributed by atoms with E-state index >= 15 is 0 Å². The molecule has 1 saturated heterocycles. The first kappa shape index (κ1) is 16.7. The minimum atomic E-state index is -0.323. The first-order valence-electron chi connectivity index (χ1n) is 9.55. The van der Waals surface area contributed by atoms with Gasteiger partial charge in [-0.15, -0.1) is 0 Å². The Morgan fingerprint density at radius 3 is 2.76 bits per heavy atom. The molecule has 5 nitrogen and oxygen atoms in total. The average molecular weight is 343 g/mol. The maximum Gasteiger partial charge on any atom is 0.412 e. The predicted octanol–water partition coefficient (Wildman–Crippen LogP) is 3.48. The predicted molar refractivity (Wildman–Crippen MR) is 99.3 cm³/mol. The molecule has 1 saturated carbocycles. The van der Waals surface area contributed by atoms with Gasteiger partial charge in [0.1, 0.15) is 5.75 Å². The van der Waals surface area contributed by atoms with Crippen LogP contribution in [0, 0.1) is 0 Å². The van der Waals surface area contributed by atoms with Crippen molar-refractivity contribution in [3.05, 3.63) is 23.8 Å². The lowest BCUT2D eigenvalue weighted by Crippen LogP contribution is -2.45. The summed E-state index contributed by atoms with van der Waals surface area (Å²) in [5.74, 6) is 0.630. The molecule has 0 unspecified atom stereocenters. The molecule has 5 heteroatoms. The number of nitrogens with one attached hydrogen (secondary N) is 1. The minimum Gasteiger partial charge on any atom is -0.410 e. The Morgan fingerprint density at radius 1 is 1.24 bits per heavy atom. The zero-order valence-electron chi connectivity index (χ0n) is 15.5. The van der Waals surface area contributed by atoms with Crippen LogP contribution in [0.2, 0.25) is 0 Å². The monoisotopic (exact) mass is 343 g/mol. The molecule has 2 aliphatic heterocycles. The van der Waals surface area contributed by atoms with Gasteiger partial charge in [0, 0.05) is 36.8 Å². The van der Waals surface area contributed by atoms with Crippen LogP contribution in [0.1, 0.15) is 51.0 Å². The second kappa shape index (κ2) is 6.20. The number of nitrogens with zero attached hydrogens (tertiary/aromatic N) is 2. The number of ether oxygens (including phenoxy) is 1. The van der Waals surface area contributed by atoms with Gasteiger partial charge in [-0.2, -0.15) is 0 Å². The van der Waals surface area contributed by atoms with Crippen LogP contribution in [0.3, 0.4) is 0 Å². The number of benzene rings is 1. The first-order valence-corrected chi connectivity index (χ1v) is 9.55. The summed E-state index contributed by atoms with van der Waals surface area (Å²) in [6.07, 6.45) is 7.02. The smallest absolute Gasteiger partial charge is 0.410 e. The zero-order valence-corrected chi connectivity index (χ0v) is 15.5. The number of hydrogen-bond acceptors (Lipinski definition) is 4. The largest absolute Gasteiger partial charge is 0.412 e. The molecule has 0 radical (unpaired) electrons. The van der Waals surface area contributed by atoms with Gasteiger partial charge in [0.05, 0.1) is 6.17 Å². The molecule has 136 valence electrons. The molecule has 1 aliphatic carbocycles. The zero-order chi connectivity index (χ0) is 17.6. The van der Waals surface area contributed by atoms with Crippen LogP contribution in [0.5, 0.6) is 5.75 Å². The van der Waals surface area contributed by atoms with Crippen LogP contribution in [0.4, 0.5) is 10.5 Å². The van der Waals surface area contributed by atoms with E-state index in [1.165, 1.54) is 30.5 Å². The number of amides is 1. The molecule has 0 aromatic heterocycles. The number of carbonyl (C=O) groups excluding carboxylic acids is 1. The molecule has 0 bridgehead atoms. The van der Waals surface area contributed by atoms with Crippen molar-refractivity contribution in [2.45, 2.75) is 63.1 Å². The summed E-state index contributed by atoms with van der Waals surface area (Å²) in [6.45, 7) is 3.47. The van der Waals surface area contributed by atoms with Crippen molar-refractivity contribution in [1.82, 2.24) is 10.2 Å². The van der Waals surface area contributed by atoms with Gasteiger partial charge in [-0.3, -0.25) is 4.90 Å². The Balaban J connectivity index is 1.49. The lowest BCUT2D eigenvalue weighted by Gasteiger charge is -2.32. The summed E-state index contributed by atoms with van der Waals surface area (Å²) < 4.78 is 5.58. The lowest BCUT2D eigenvalue weighted by molar-refractivity contribution is 0.192. The molecular formula is C20H29N3O2. The summed E-state index contributed by atoms with van der Waals surface area (Å²) in [7, 11) is 4.33. The van der Waals surface area contributed by atoms with E-state index in [9.17, 15) is 4.79 Å². The van der Waals surface area contributed by atoms with Crippen LogP contribution in [-0.4, -0.2) is 43.8 Å². The highest BCUT2D eigenvalue weighted by atomic mass is 16.6. The van der Waals surface area contributed by atoms with Gasteiger partial charge < -0.3 is 15.0 Å². The summed E-state index contributed by atoms with van der Waals surface area (Å²) in [4.78, 5) is 17.0. The van der Waals surface area contributed by atoms with Gasteiger partial charge in [0.15, 0.2) is 0 Å². The molecule has 2 fully saturated rings. The molecule has 2 atom stereocenters. The van der Waals surface area contributed by atoms with Crippen LogP contribution in [-0.2, 0) is 5.41 Å². The van der Waals surface area contributed by atoms with Crippen LogP contribution in [0.15, 0.2) is 18.2 Å². The van der Waals surface area contributed by atoms with E-state index in [-0.39, 0.29) is 17.6 Å². The fourth-order valence-corrected chi connectivity index (χ4v) is 5.17. The number of likely N-dealkylation sites (N-methyl/N-ethyl adjacent to an activating group) is 2. The molecule has 3 aliphatic rings. The van der Waals surface area contributed by atoms with E-state index in [1.807, 2.05) is 12.1 Å². The number of carbonyl (C=O) groups is 1. The van der Waals surface area contributed by atoms with E-state index in [2.05, 4.69) is 42.2 Å². The highest BCUT2D eigenvalue weighted by Gasteiger charge is 2.52. The van der Waals surface area contributed by atoms with E-state index in [0.29, 0.717) is 11.9 Å². The summed E-state index contributed by atoms with van der Waals surface area (Å²) in [5, 5.41) is 3.02. The minimum absolute atomic E-state index is 0.154. The molecule has 4 rings (SSSR count). The maximum absolute atomic E-state index is 12.2. The van der Waals surface area contributed by atoms with Gasteiger partial charge >= 0.3 is 6.09 Å². The topological polar surface area (TPSA) is 44.8 Å². The fourth-order valence-electron chi connectivity index (χ4n) is 5.17. The molecule has 25 heavy (non-hydrogen) atoms. The van der Waals surface area contributed by atoms with Gasteiger partial charge in [0.25, 0.3) is 0 Å². The van der Waals surface area contributed by atoms with Crippen molar-refractivity contribution in [2.75, 3.05) is 25.5 Å². The van der Waals surface area contributed by atoms with E-state index in [0.717, 1.165) is 25.8 Å². The number of anilines is 1.